The normalized spacial score (nSPS) is 10.8. The zero-order valence-electron chi connectivity index (χ0n) is 13.1. The van der Waals surface area contributed by atoms with Gasteiger partial charge in [0.1, 0.15) is 17.0 Å². The summed E-state index contributed by atoms with van der Waals surface area (Å²) in [5, 5.41) is 3.01. The zero-order valence-corrected chi connectivity index (χ0v) is 13.1. The second-order valence-corrected chi connectivity index (χ2v) is 5.48. The quantitative estimate of drug-likeness (QED) is 0.773. The summed E-state index contributed by atoms with van der Waals surface area (Å²) in [5.74, 6) is -0.799. The van der Waals surface area contributed by atoms with Crippen LogP contribution in [-0.4, -0.2) is 22.4 Å². The van der Waals surface area contributed by atoms with E-state index in [0.29, 0.717) is 23.0 Å². The van der Waals surface area contributed by atoms with E-state index in [1.807, 2.05) is 6.92 Å². The second-order valence-electron chi connectivity index (χ2n) is 5.48. The van der Waals surface area contributed by atoms with E-state index < -0.39 is 5.91 Å². The van der Waals surface area contributed by atoms with Crippen LogP contribution in [0.1, 0.15) is 21.6 Å². The molecule has 0 saturated heterocycles. The van der Waals surface area contributed by atoms with Gasteiger partial charge in [0.25, 0.3) is 5.91 Å². The average Bonchev–Trinajstić information content (AvgIpc) is 2.56. The molecule has 0 spiro atoms. The monoisotopic (exact) mass is 325 g/mol. The highest BCUT2D eigenvalue weighted by Crippen LogP contribution is 2.08. The van der Waals surface area contributed by atoms with Crippen LogP contribution in [0.3, 0.4) is 0 Å². The molecule has 0 fully saturated rings. The van der Waals surface area contributed by atoms with Crippen LogP contribution in [0.2, 0.25) is 0 Å². The van der Waals surface area contributed by atoms with Crippen LogP contribution in [0.5, 0.6) is 0 Å². The third-order valence-electron chi connectivity index (χ3n) is 3.76. The molecule has 0 aliphatic carbocycles. The number of rotatable bonds is 4. The van der Waals surface area contributed by atoms with Crippen molar-refractivity contribution in [2.45, 2.75) is 13.3 Å². The predicted octanol–water partition coefficient (Wildman–Crippen LogP) is 2.34. The Bertz CT molecular complexity index is 966. The van der Waals surface area contributed by atoms with Gasteiger partial charge in [0.15, 0.2) is 0 Å². The molecule has 1 aromatic carbocycles. The van der Waals surface area contributed by atoms with E-state index in [9.17, 15) is 14.0 Å². The van der Waals surface area contributed by atoms with Gasteiger partial charge in [-0.15, -0.1) is 0 Å². The lowest BCUT2D eigenvalue weighted by atomic mass is 10.1. The van der Waals surface area contributed by atoms with Crippen molar-refractivity contribution in [1.82, 2.24) is 15.3 Å². The van der Waals surface area contributed by atoms with Crippen molar-refractivity contribution in [2.24, 2.45) is 0 Å². The number of halogens is 1. The molecule has 6 heteroatoms. The first-order chi connectivity index (χ1) is 11.6. The van der Waals surface area contributed by atoms with Gasteiger partial charge < -0.3 is 10.3 Å². The number of aryl methyl sites for hydroxylation is 1. The van der Waals surface area contributed by atoms with Crippen molar-refractivity contribution in [2.75, 3.05) is 6.54 Å². The summed E-state index contributed by atoms with van der Waals surface area (Å²) in [4.78, 5) is 31.7. The highest BCUT2D eigenvalue weighted by Gasteiger charge is 2.13. The summed E-state index contributed by atoms with van der Waals surface area (Å²) in [6, 6.07) is 9.76. The second kappa shape index (κ2) is 6.62. The number of carbonyl (C=O) groups excluding carboxylic acids is 1. The first-order valence-corrected chi connectivity index (χ1v) is 7.57. The summed E-state index contributed by atoms with van der Waals surface area (Å²) < 4.78 is 13.5. The van der Waals surface area contributed by atoms with E-state index in [1.165, 1.54) is 12.3 Å². The first kappa shape index (κ1) is 15.9. The molecule has 0 aliphatic rings. The number of nitrogens with zero attached hydrogens (tertiary/aromatic N) is 1. The maximum Gasteiger partial charge on any atom is 0.256 e. The summed E-state index contributed by atoms with van der Waals surface area (Å²) in [6.07, 6.45) is 1.71. The highest BCUT2D eigenvalue weighted by molar-refractivity contribution is 5.96. The third kappa shape index (κ3) is 3.17. The first-order valence-electron chi connectivity index (χ1n) is 7.57. The fourth-order valence-electron chi connectivity index (χ4n) is 2.48. The van der Waals surface area contributed by atoms with Gasteiger partial charge in [-0.05, 0) is 37.1 Å². The molecule has 3 rings (SSSR count). The molecule has 0 aliphatic heterocycles. The van der Waals surface area contributed by atoms with E-state index >= 15 is 0 Å². The van der Waals surface area contributed by atoms with Crippen LogP contribution >= 0.6 is 0 Å². The minimum atomic E-state index is -0.491. The average molecular weight is 325 g/mol. The van der Waals surface area contributed by atoms with Crippen molar-refractivity contribution in [1.29, 1.82) is 0 Å². The minimum absolute atomic E-state index is 0.0155. The number of benzene rings is 1. The molecule has 0 atom stereocenters. The summed E-state index contributed by atoms with van der Waals surface area (Å²) in [5.41, 5.74) is 1.38. The number of fused-ring (bicyclic) bond motifs is 1. The lowest BCUT2D eigenvalue weighted by molar-refractivity contribution is 0.0953. The SMILES string of the molecule is Cc1ccc2c(=O)c(C(=O)NCCc3ccccc3F)c[nH]c2n1. The van der Waals surface area contributed by atoms with Crippen LogP contribution in [-0.2, 0) is 6.42 Å². The molecule has 122 valence electrons. The molecule has 2 heterocycles. The van der Waals surface area contributed by atoms with Gasteiger partial charge >= 0.3 is 0 Å². The van der Waals surface area contributed by atoms with Crippen LogP contribution in [0.4, 0.5) is 4.39 Å². The van der Waals surface area contributed by atoms with Gasteiger partial charge in [0.2, 0.25) is 5.43 Å². The zero-order chi connectivity index (χ0) is 17.1. The van der Waals surface area contributed by atoms with Gasteiger partial charge in [0.05, 0.1) is 5.39 Å². The lowest BCUT2D eigenvalue weighted by Gasteiger charge is -2.07. The Labute approximate surface area is 137 Å². The van der Waals surface area contributed by atoms with E-state index in [1.54, 1.807) is 30.3 Å². The fraction of sp³-hybridized carbons (Fsp3) is 0.167. The number of hydrogen-bond donors (Lipinski definition) is 2. The van der Waals surface area contributed by atoms with Gasteiger partial charge in [0, 0.05) is 18.4 Å². The van der Waals surface area contributed by atoms with Crippen molar-refractivity contribution in [3.63, 3.8) is 0 Å². The molecular weight excluding hydrogens is 309 g/mol. The smallest absolute Gasteiger partial charge is 0.256 e. The number of pyridine rings is 2. The van der Waals surface area contributed by atoms with Gasteiger partial charge in [-0.1, -0.05) is 18.2 Å². The fourth-order valence-corrected chi connectivity index (χ4v) is 2.48. The number of H-pyrrole nitrogens is 1. The predicted molar refractivity (Wildman–Crippen MR) is 89.5 cm³/mol. The van der Waals surface area contributed by atoms with Crippen LogP contribution in [0, 0.1) is 12.7 Å². The van der Waals surface area contributed by atoms with Gasteiger partial charge in [-0.25, -0.2) is 9.37 Å². The Morgan fingerprint density at radius 2 is 2.04 bits per heavy atom. The molecule has 1 amide bonds. The van der Waals surface area contributed by atoms with E-state index in [-0.39, 0.29) is 23.4 Å². The number of amides is 1. The largest absolute Gasteiger partial charge is 0.352 e. The van der Waals surface area contributed by atoms with Crippen molar-refractivity contribution in [3.05, 3.63) is 75.5 Å². The lowest BCUT2D eigenvalue weighted by Crippen LogP contribution is -2.30. The molecule has 5 nitrogen and oxygen atoms in total. The minimum Gasteiger partial charge on any atom is -0.352 e. The number of hydrogen-bond acceptors (Lipinski definition) is 3. The van der Waals surface area contributed by atoms with Crippen LogP contribution in [0.15, 0.2) is 47.4 Å². The van der Waals surface area contributed by atoms with Crippen molar-refractivity contribution < 1.29 is 9.18 Å². The summed E-state index contributed by atoms with van der Waals surface area (Å²) in [7, 11) is 0. The molecule has 24 heavy (non-hydrogen) atoms. The maximum atomic E-state index is 13.5. The molecule has 0 unspecified atom stereocenters. The number of carbonyl (C=O) groups is 1. The highest BCUT2D eigenvalue weighted by atomic mass is 19.1. The molecule has 0 saturated carbocycles. The molecule has 2 N–H and O–H groups in total. The molecule has 2 aromatic heterocycles. The summed E-state index contributed by atoms with van der Waals surface area (Å²) in [6.45, 7) is 2.06. The Balaban J connectivity index is 1.75. The standard InChI is InChI=1S/C18H16FN3O2/c1-11-6-7-13-16(23)14(10-21-17(13)22-11)18(24)20-9-8-12-4-2-3-5-15(12)19/h2-7,10H,8-9H2,1H3,(H,20,24)(H,21,22,23). The number of aromatic nitrogens is 2. The Hall–Kier alpha value is -3.02. The Kier molecular flexibility index (Phi) is 4.37. The number of aromatic amines is 1. The van der Waals surface area contributed by atoms with E-state index in [4.69, 9.17) is 0 Å². The molecule has 0 radical (unpaired) electrons. The van der Waals surface area contributed by atoms with Gasteiger partial charge in [-0.2, -0.15) is 0 Å². The van der Waals surface area contributed by atoms with Gasteiger partial charge in [-0.3, -0.25) is 9.59 Å². The number of nitrogens with one attached hydrogen (secondary N) is 2. The van der Waals surface area contributed by atoms with Crippen LogP contribution in [0.25, 0.3) is 11.0 Å². The van der Waals surface area contributed by atoms with Crippen molar-refractivity contribution in [3.8, 4) is 0 Å². The van der Waals surface area contributed by atoms with E-state index in [2.05, 4.69) is 15.3 Å². The van der Waals surface area contributed by atoms with Crippen LogP contribution < -0.4 is 10.7 Å². The molecule has 3 aromatic rings. The Morgan fingerprint density at radius 3 is 2.83 bits per heavy atom. The maximum absolute atomic E-state index is 13.5. The molecular formula is C18H16FN3O2. The van der Waals surface area contributed by atoms with E-state index in [0.717, 1.165) is 5.69 Å². The topological polar surface area (TPSA) is 74.8 Å². The summed E-state index contributed by atoms with van der Waals surface area (Å²) >= 11 is 0. The Morgan fingerprint density at radius 1 is 1.25 bits per heavy atom. The third-order valence-corrected chi connectivity index (χ3v) is 3.76. The van der Waals surface area contributed by atoms with Crippen molar-refractivity contribution >= 4 is 16.9 Å². The molecule has 0 bridgehead atoms.